The molecular formula is C19H16S. The van der Waals surface area contributed by atoms with Gasteiger partial charge in [0.15, 0.2) is 0 Å². The van der Waals surface area contributed by atoms with Crippen molar-refractivity contribution in [2.75, 3.05) is 0 Å². The molecule has 0 saturated heterocycles. The van der Waals surface area contributed by atoms with Crippen LogP contribution in [0.5, 0.6) is 0 Å². The van der Waals surface area contributed by atoms with E-state index in [9.17, 15) is 0 Å². The average Bonchev–Trinajstić information content (AvgIpc) is 2.52. The molecule has 0 saturated carbocycles. The zero-order valence-electron chi connectivity index (χ0n) is 11.2. The lowest BCUT2D eigenvalue weighted by molar-refractivity contribution is 1.40. The van der Waals surface area contributed by atoms with Crippen molar-refractivity contribution < 1.29 is 0 Å². The lowest BCUT2D eigenvalue weighted by Gasteiger charge is -2.15. The van der Waals surface area contributed by atoms with Gasteiger partial charge in [0.05, 0.1) is 0 Å². The SMILES string of the molecule is C=C1C=CC(=S(c2ccccc2)c2ccccc2)C=C1. The predicted octanol–water partition coefficient (Wildman–Crippen LogP) is 5.23. The van der Waals surface area contributed by atoms with Crippen LogP contribution < -0.4 is 0 Å². The van der Waals surface area contributed by atoms with Gasteiger partial charge >= 0.3 is 0 Å². The first-order chi connectivity index (χ1) is 9.84. The zero-order chi connectivity index (χ0) is 13.8. The van der Waals surface area contributed by atoms with Gasteiger partial charge in [0.1, 0.15) is 0 Å². The van der Waals surface area contributed by atoms with Crippen LogP contribution in [0.2, 0.25) is 0 Å². The van der Waals surface area contributed by atoms with E-state index in [1.54, 1.807) is 0 Å². The lowest BCUT2D eigenvalue weighted by atomic mass is 10.1. The second-order valence-electron chi connectivity index (χ2n) is 4.58. The van der Waals surface area contributed by atoms with Crippen LogP contribution in [-0.2, 0) is 0 Å². The topological polar surface area (TPSA) is 0 Å². The second-order valence-corrected chi connectivity index (χ2v) is 6.60. The van der Waals surface area contributed by atoms with Gasteiger partial charge in [-0.3, -0.25) is 0 Å². The highest BCUT2D eigenvalue weighted by atomic mass is 32.2. The molecule has 0 unspecified atom stereocenters. The van der Waals surface area contributed by atoms with Crippen molar-refractivity contribution in [3.05, 3.63) is 97.1 Å². The van der Waals surface area contributed by atoms with Crippen LogP contribution in [0.15, 0.2) is 107 Å². The minimum Gasteiger partial charge on any atom is -0.116 e. The quantitative estimate of drug-likeness (QED) is 0.659. The number of benzene rings is 2. The minimum absolute atomic E-state index is 0.0507. The predicted molar refractivity (Wildman–Crippen MR) is 89.4 cm³/mol. The van der Waals surface area contributed by atoms with Gasteiger partial charge in [0, 0.05) is 14.7 Å². The van der Waals surface area contributed by atoms with E-state index >= 15 is 0 Å². The average molecular weight is 276 g/mol. The van der Waals surface area contributed by atoms with E-state index in [-0.39, 0.29) is 10.5 Å². The first-order valence-corrected chi connectivity index (χ1v) is 7.83. The Morgan fingerprint density at radius 2 is 1.05 bits per heavy atom. The van der Waals surface area contributed by atoms with Crippen molar-refractivity contribution in [3.8, 4) is 0 Å². The summed E-state index contributed by atoms with van der Waals surface area (Å²) in [5.41, 5.74) is 1.05. The Bertz CT molecular complexity index is 644. The third-order valence-electron chi connectivity index (χ3n) is 3.12. The van der Waals surface area contributed by atoms with E-state index in [0.29, 0.717) is 0 Å². The molecule has 2 aromatic rings. The fourth-order valence-electron chi connectivity index (χ4n) is 2.15. The molecule has 0 N–H and O–H groups in total. The Kier molecular flexibility index (Phi) is 3.80. The van der Waals surface area contributed by atoms with Crippen LogP contribution in [0.3, 0.4) is 0 Å². The summed E-state index contributed by atoms with van der Waals surface area (Å²) in [6, 6.07) is 21.4. The summed E-state index contributed by atoms with van der Waals surface area (Å²) in [4.78, 5) is 4.01. The minimum atomic E-state index is -0.0507. The monoisotopic (exact) mass is 276 g/mol. The summed E-state index contributed by atoms with van der Waals surface area (Å²) in [7, 11) is -0.0507. The third-order valence-corrected chi connectivity index (χ3v) is 5.35. The number of hydrogen-bond acceptors (Lipinski definition) is 0. The molecule has 0 bridgehead atoms. The summed E-state index contributed by atoms with van der Waals surface area (Å²) >= 11 is 0. The van der Waals surface area contributed by atoms with E-state index in [2.05, 4.69) is 91.5 Å². The Hall–Kier alpha value is -2.12. The summed E-state index contributed by atoms with van der Waals surface area (Å²) in [6.07, 6.45) is 8.54. The van der Waals surface area contributed by atoms with E-state index in [4.69, 9.17) is 0 Å². The van der Waals surface area contributed by atoms with Gasteiger partial charge in [0.25, 0.3) is 0 Å². The highest BCUT2D eigenvalue weighted by Crippen LogP contribution is 2.38. The van der Waals surface area contributed by atoms with Gasteiger partial charge < -0.3 is 0 Å². The molecule has 98 valence electrons. The highest BCUT2D eigenvalue weighted by Gasteiger charge is 2.08. The molecule has 0 atom stereocenters. The van der Waals surface area contributed by atoms with E-state index in [1.807, 2.05) is 0 Å². The Morgan fingerprint density at radius 1 is 0.600 bits per heavy atom. The number of allylic oxidation sites excluding steroid dienone is 5. The molecule has 0 heterocycles. The molecule has 1 aliphatic carbocycles. The van der Waals surface area contributed by atoms with E-state index in [1.165, 1.54) is 14.7 Å². The maximum Gasteiger partial charge on any atom is 0.00682 e. The number of hydrogen-bond donors (Lipinski definition) is 0. The molecule has 0 aliphatic heterocycles. The lowest BCUT2D eigenvalue weighted by Crippen LogP contribution is -1.95. The summed E-state index contributed by atoms with van der Waals surface area (Å²) in [5, 5.41) is 0. The first-order valence-electron chi connectivity index (χ1n) is 6.61. The van der Waals surface area contributed by atoms with Crippen molar-refractivity contribution in [1.82, 2.24) is 0 Å². The molecule has 0 aromatic heterocycles. The maximum atomic E-state index is 3.97. The standard InChI is InChI=1S/C19H16S/c1-16-12-14-19(15-13-16)20(17-8-4-2-5-9-17)18-10-6-3-7-11-18/h2-15H,1H2. The van der Waals surface area contributed by atoms with Crippen LogP contribution in [0.1, 0.15) is 0 Å². The van der Waals surface area contributed by atoms with Crippen molar-refractivity contribution in [3.63, 3.8) is 0 Å². The Morgan fingerprint density at radius 3 is 1.50 bits per heavy atom. The molecule has 20 heavy (non-hydrogen) atoms. The third kappa shape index (κ3) is 2.73. The summed E-state index contributed by atoms with van der Waals surface area (Å²) in [6.45, 7) is 3.97. The highest BCUT2D eigenvalue weighted by molar-refractivity contribution is 8.16. The Balaban J connectivity index is 2.20. The van der Waals surface area contributed by atoms with Crippen molar-refractivity contribution in [2.24, 2.45) is 0 Å². The molecule has 1 aliphatic rings. The molecule has 2 aromatic carbocycles. The van der Waals surface area contributed by atoms with Crippen LogP contribution >= 0.6 is 10.5 Å². The number of rotatable bonds is 2. The van der Waals surface area contributed by atoms with Crippen LogP contribution in [0.25, 0.3) is 0 Å². The molecule has 0 fully saturated rings. The van der Waals surface area contributed by atoms with Crippen molar-refractivity contribution in [1.29, 1.82) is 0 Å². The molecule has 0 spiro atoms. The maximum absolute atomic E-state index is 3.97. The second kappa shape index (κ2) is 5.89. The largest absolute Gasteiger partial charge is 0.116 e. The van der Waals surface area contributed by atoms with Gasteiger partial charge in [-0.25, -0.2) is 0 Å². The van der Waals surface area contributed by atoms with Crippen molar-refractivity contribution >= 4 is 15.3 Å². The first kappa shape index (κ1) is 12.9. The fourth-order valence-corrected chi connectivity index (χ4v) is 4.23. The van der Waals surface area contributed by atoms with E-state index < -0.39 is 0 Å². The molecule has 0 nitrogen and oxygen atoms in total. The van der Waals surface area contributed by atoms with Crippen molar-refractivity contribution in [2.45, 2.75) is 9.79 Å². The molecule has 0 amide bonds. The molecule has 1 heteroatoms. The van der Waals surface area contributed by atoms with Crippen LogP contribution in [-0.4, -0.2) is 4.86 Å². The molecular weight excluding hydrogens is 260 g/mol. The van der Waals surface area contributed by atoms with E-state index in [0.717, 1.165) is 5.57 Å². The van der Waals surface area contributed by atoms with Gasteiger partial charge in [-0.2, -0.15) is 0 Å². The van der Waals surface area contributed by atoms with Crippen LogP contribution in [0.4, 0.5) is 0 Å². The van der Waals surface area contributed by atoms with Gasteiger partial charge in [-0.1, -0.05) is 55.1 Å². The fraction of sp³-hybridized carbons (Fsp3) is 0. The van der Waals surface area contributed by atoms with Gasteiger partial charge in [-0.15, -0.1) is 10.5 Å². The summed E-state index contributed by atoms with van der Waals surface area (Å²) in [5.74, 6) is 0. The normalized spacial score (nSPS) is 14.1. The Labute approximate surface area is 122 Å². The van der Waals surface area contributed by atoms with Gasteiger partial charge in [-0.05, 0) is 42.0 Å². The smallest absolute Gasteiger partial charge is 0.00682 e. The summed E-state index contributed by atoms with van der Waals surface area (Å²) < 4.78 is 0. The zero-order valence-corrected chi connectivity index (χ0v) is 12.0. The molecule has 0 radical (unpaired) electrons. The van der Waals surface area contributed by atoms with Gasteiger partial charge in [0.2, 0.25) is 0 Å². The van der Waals surface area contributed by atoms with Crippen LogP contribution in [0, 0.1) is 0 Å². The molecule has 3 rings (SSSR count).